The molecule has 5 rings (SSSR count). The van der Waals surface area contributed by atoms with Crippen LogP contribution in [0.4, 0.5) is 27.8 Å². The minimum Gasteiger partial charge on any atom is -0.451 e. The highest BCUT2D eigenvalue weighted by atomic mass is 19.2. The number of rotatable bonds is 6. The Morgan fingerprint density at radius 1 is 0.947 bits per heavy atom. The van der Waals surface area contributed by atoms with Crippen molar-refractivity contribution in [1.29, 1.82) is 0 Å². The molecule has 2 aromatic carbocycles. The number of amides is 2. The van der Waals surface area contributed by atoms with E-state index in [1.54, 1.807) is 6.92 Å². The average molecular weight is 530 g/mol. The number of hydrogen-bond acceptors (Lipinski definition) is 7. The first-order valence-electron chi connectivity index (χ1n) is 10.9. The molecule has 1 atom stereocenters. The summed E-state index contributed by atoms with van der Waals surface area (Å²) >= 11 is 0. The van der Waals surface area contributed by atoms with Crippen molar-refractivity contribution >= 4 is 28.7 Å². The molecule has 0 bridgehead atoms. The van der Waals surface area contributed by atoms with Gasteiger partial charge in [-0.3, -0.25) is 14.5 Å². The molecular formula is C24H15F5N6O3. The summed E-state index contributed by atoms with van der Waals surface area (Å²) in [6.07, 6.45) is 3.43. The van der Waals surface area contributed by atoms with E-state index in [0.717, 1.165) is 41.6 Å². The fraction of sp³-hybridized carbons (Fsp3) is 0.125. The lowest BCUT2D eigenvalue weighted by Crippen LogP contribution is -2.35. The van der Waals surface area contributed by atoms with Gasteiger partial charge >= 0.3 is 0 Å². The van der Waals surface area contributed by atoms with E-state index in [0.29, 0.717) is 0 Å². The number of aromatic nitrogens is 4. The Hall–Kier alpha value is -4.88. The molecule has 1 unspecified atom stereocenters. The molecule has 0 radical (unpaired) electrons. The van der Waals surface area contributed by atoms with Crippen molar-refractivity contribution in [3.8, 4) is 22.8 Å². The summed E-state index contributed by atoms with van der Waals surface area (Å²) in [6, 6.07) is 2.38. The lowest BCUT2D eigenvalue weighted by molar-refractivity contribution is -0.137. The lowest BCUT2D eigenvalue weighted by Gasteiger charge is -2.19. The Morgan fingerprint density at radius 2 is 1.61 bits per heavy atom. The van der Waals surface area contributed by atoms with Crippen LogP contribution in [-0.4, -0.2) is 43.0 Å². The van der Waals surface area contributed by atoms with E-state index in [1.165, 1.54) is 4.68 Å². The normalized spacial score (nSPS) is 14.1. The molecule has 1 aliphatic heterocycles. The van der Waals surface area contributed by atoms with E-state index in [-0.39, 0.29) is 40.7 Å². The van der Waals surface area contributed by atoms with Gasteiger partial charge in [-0.25, -0.2) is 27.8 Å². The topological polar surface area (TPSA) is 116 Å². The van der Waals surface area contributed by atoms with Gasteiger partial charge in [0.25, 0.3) is 11.8 Å². The number of carbonyl (C=O) groups is 2. The van der Waals surface area contributed by atoms with Crippen molar-refractivity contribution < 1.29 is 36.3 Å². The van der Waals surface area contributed by atoms with Crippen LogP contribution >= 0.6 is 0 Å². The molecular weight excluding hydrogens is 515 g/mol. The van der Waals surface area contributed by atoms with Crippen LogP contribution in [-0.2, 0) is 9.59 Å². The van der Waals surface area contributed by atoms with Gasteiger partial charge in [0, 0.05) is 29.8 Å². The predicted molar refractivity (Wildman–Crippen MR) is 122 cm³/mol. The minimum atomic E-state index is -1.79. The summed E-state index contributed by atoms with van der Waals surface area (Å²) in [6.45, 7) is 1.59. The van der Waals surface area contributed by atoms with Crippen LogP contribution in [0.2, 0.25) is 0 Å². The third-order valence-electron chi connectivity index (χ3n) is 5.77. The van der Waals surface area contributed by atoms with Crippen molar-refractivity contribution in [2.45, 2.75) is 13.0 Å². The number of nitrogens with two attached hydrogens (primary N) is 1. The van der Waals surface area contributed by atoms with Crippen LogP contribution in [0.15, 0.2) is 42.7 Å². The first kappa shape index (κ1) is 24.8. The number of benzene rings is 2. The number of ether oxygens (including phenoxy) is 1. The molecule has 4 aromatic rings. The van der Waals surface area contributed by atoms with Crippen LogP contribution in [0.3, 0.4) is 0 Å². The molecule has 0 aliphatic carbocycles. The quantitative estimate of drug-likeness (QED) is 0.227. The van der Waals surface area contributed by atoms with Crippen LogP contribution in [0, 0.1) is 29.1 Å². The maximum atomic E-state index is 15.2. The van der Waals surface area contributed by atoms with Crippen LogP contribution in [0.5, 0.6) is 11.5 Å². The zero-order valence-corrected chi connectivity index (χ0v) is 19.3. The Morgan fingerprint density at radius 3 is 2.24 bits per heavy atom. The predicted octanol–water partition coefficient (Wildman–Crippen LogP) is 4.05. The van der Waals surface area contributed by atoms with Gasteiger partial charge in [-0.2, -0.15) is 13.9 Å². The monoisotopic (exact) mass is 530 g/mol. The van der Waals surface area contributed by atoms with Gasteiger partial charge in [-0.15, -0.1) is 0 Å². The second-order valence-corrected chi connectivity index (χ2v) is 8.26. The molecule has 38 heavy (non-hydrogen) atoms. The third-order valence-corrected chi connectivity index (χ3v) is 5.77. The summed E-state index contributed by atoms with van der Waals surface area (Å²) in [4.78, 5) is 33.0. The van der Waals surface area contributed by atoms with Crippen LogP contribution in [0.25, 0.3) is 22.3 Å². The average Bonchev–Trinajstić information content (AvgIpc) is 3.42. The third kappa shape index (κ3) is 4.09. The molecule has 9 nitrogen and oxygen atoms in total. The summed E-state index contributed by atoms with van der Waals surface area (Å²) < 4.78 is 76.4. The van der Waals surface area contributed by atoms with E-state index in [9.17, 15) is 27.2 Å². The van der Waals surface area contributed by atoms with Gasteiger partial charge < -0.3 is 10.5 Å². The van der Waals surface area contributed by atoms with E-state index < -0.39 is 58.4 Å². The van der Waals surface area contributed by atoms with E-state index in [1.807, 2.05) is 0 Å². The summed E-state index contributed by atoms with van der Waals surface area (Å²) in [5.41, 5.74) is 6.05. The number of carbonyl (C=O) groups excluding carboxylic acids is 2. The van der Waals surface area contributed by atoms with Crippen molar-refractivity contribution in [2.24, 2.45) is 0 Å². The Balaban J connectivity index is 1.53. The summed E-state index contributed by atoms with van der Waals surface area (Å²) in [7, 11) is 0. The number of halogens is 5. The number of imide groups is 1. The van der Waals surface area contributed by atoms with Gasteiger partial charge in [-0.05, 0) is 19.1 Å². The van der Waals surface area contributed by atoms with Gasteiger partial charge in [0.1, 0.15) is 29.4 Å². The zero-order valence-electron chi connectivity index (χ0n) is 19.3. The first-order chi connectivity index (χ1) is 18.1. The molecule has 2 amide bonds. The standard InChI is InChI=1S/C24H15F5N6O3/c1-10(8-34-16(36)4-5-17(34)37)35-24-18(23(30)31-9-32-24)21(33-35)12-3-2-11(6-13(12)25)38-22-19(28)14(26)7-15(27)20(22)29/h2-7,9-10H,8H2,1H3,(H2,30,31,32). The Labute approximate surface area is 209 Å². The van der Waals surface area contributed by atoms with Crippen molar-refractivity contribution in [3.05, 3.63) is 71.8 Å². The van der Waals surface area contributed by atoms with Crippen molar-refractivity contribution in [2.75, 3.05) is 12.3 Å². The number of fused-ring (bicyclic) bond motifs is 1. The minimum absolute atomic E-state index is 0.0136. The lowest BCUT2D eigenvalue weighted by atomic mass is 10.1. The fourth-order valence-electron chi connectivity index (χ4n) is 3.95. The van der Waals surface area contributed by atoms with E-state index in [4.69, 9.17) is 10.5 Å². The smallest absolute Gasteiger partial charge is 0.253 e. The molecule has 2 N–H and O–H groups in total. The molecule has 0 spiro atoms. The maximum Gasteiger partial charge on any atom is 0.253 e. The largest absolute Gasteiger partial charge is 0.451 e. The highest BCUT2D eigenvalue weighted by Crippen LogP contribution is 2.36. The van der Waals surface area contributed by atoms with E-state index >= 15 is 4.39 Å². The molecule has 2 aromatic heterocycles. The fourth-order valence-corrected chi connectivity index (χ4v) is 3.95. The SMILES string of the molecule is CC(CN1C(=O)C=CC1=O)n1nc(-c2ccc(Oc3c(F)c(F)cc(F)c3F)cc2F)c2c(N)ncnc21. The number of nitrogen functional groups attached to an aromatic ring is 1. The van der Waals surface area contributed by atoms with Gasteiger partial charge in [0.05, 0.1) is 18.0 Å². The molecule has 0 saturated heterocycles. The van der Waals surface area contributed by atoms with Crippen LogP contribution in [0.1, 0.15) is 13.0 Å². The van der Waals surface area contributed by atoms with Crippen molar-refractivity contribution in [1.82, 2.24) is 24.6 Å². The molecule has 14 heteroatoms. The molecule has 0 saturated carbocycles. The molecule has 0 fully saturated rings. The number of anilines is 1. The van der Waals surface area contributed by atoms with Gasteiger partial charge in [-0.1, -0.05) is 0 Å². The van der Waals surface area contributed by atoms with Gasteiger partial charge in [0.2, 0.25) is 17.4 Å². The molecule has 3 heterocycles. The Kier molecular flexibility index (Phi) is 6.01. The highest BCUT2D eigenvalue weighted by Gasteiger charge is 2.29. The number of hydrogen-bond donors (Lipinski definition) is 1. The Bertz CT molecular complexity index is 1630. The van der Waals surface area contributed by atoms with Crippen molar-refractivity contribution in [3.63, 3.8) is 0 Å². The highest BCUT2D eigenvalue weighted by molar-refractivity contribution is 6.12. The molecule has 194 valence electrons. The first-order valence-corrected chi connectivity index (χ1v) is 10.9. The number of nitrogens with zero attached hydrogens (tertiary/aromatic N) is 5. The second-order valence-electron chi connectivity index (χ2n) is 8.26. The second kappa shape index (κ2) is 9.21. The van der Waals surface area contributed by atoms with Gasteiger partial charge in [0.15, 0.2) is 17.3 Å². The van der Waals surface area contributed by atoms with E-state index in [2.05, 4.69) is 15.1 Å². The molecule has 1 aliphatic rings. The summed E-state index contributed by atoms with van der Waals surface area (Å²) in [5, 5.41) is 4.56. The maximum absolute atomic E-state index is 15.2. The zero-order chi connectivity index (χ0) is 27.3. The summed E-state index contributed by atoms with van der Waals surface area (Å²) in [5.74, 6) is -10.8. The van der Waals surface area contributed by atoms with Crippen LogP contribution < -0.4 is 10.5 Å².